The summed E-state index contributed by atoms with van der Waals surface area (Å²) in [6.07, 6.45) is 0.997. The SMILES string of the molecule is CO.O=C(NO)C12CCC(CN(S(=O)CCN3CCOCC3)C1)N2Sc1cc(F)c(Oc2ccc(Cl)cc2)c(F)c1. The molecule has 3 N–H and O–H groups in total. The lowest BCUT2D eigenvalue weighted by molar-refractivity contribution is -0.140. The molecule has 2 bridgehead atoms. The third kappa shape index (κ3) is 7.37. The molecule has 0 saturated carbocycles. The van der Waals surface area contributed by atoms with Gasteiger partial charge in [-0.25, -0.2) is 27.1 Å². The number of benzene rings is 2. The van der Waals surface area contributed by atoms with Gasteiger partial charge < -0.3 is 14.6 Å². The Morgan fingerprint density at radius 2 is 1.88 bits per heavy atom. The maximum atomic E-state index is 15.0. The van der Waals surface area contributed by atoms with Crippen molar-refractivity contribution in [1.82, 2.24) is 19.0 Å². The predicted octanol–water partition coefficient (Wildman–Crippen LogP) is 3.05. The van der Waals surface area contributed by atoms with Gasteiger partial charge in [0.15, 0.2) is 17.4 Å². The van der Waals surface area contributed by atoms with Gasteiger partial charge in [0.2, 0.25) is 0 Å². The molecule has 15 heteroatoms. The van der Waals surface area contributed by atoms with E-state index >= 15 is 0 Å². The molecule has 10 nitrogen and oxygen atoms in total. The van der Waals surface area contributed by atoms with Gasteiger partial charge in [-0.15, -0.1) is 0 Å². The van der Waals surface area contributed by atoms with E-state index in [1.54, 1.807) is 26.2 Å². The van der Waals surface area contributed by atoms with Crippen LogP contribution in [0.1, 0.15) is 12.8 Å². The van der Waals surface area contributed by atoms with Crippen molar-refractivity contribution < 1.29 is 37.6 Å². The number of amides is 1. The monoisotopic (exact) mass is 634 g/mol. The third-order valence-electron chi connectivity index (χ3n) is 7.20. The van der Waals surface area contributed by atoms with Crippen LogP contribution in [0.25, 0.3) is 0 Å². The maximum absolute atomic E-state index is 15.0. The fraction of sp³-hybridized carbons (Fsp3) is 0.500. The van der Waals surface area contributed by atoms with Crippen LogP contribution < -0.4 is 10.2 Å². The number of nitrogens with one attached hydrogen (secondary N) is 1. The summed E-state index contributed by atoms with van der Waals surface area (Å²) in [7, 11) is -0.338. The molecule has 1 amide bonds. The minimum absolute atomic E-state index is 0.112. The average Bonchev–Trinajstić information content (AvgIpc) is 3.18. The zero-order valence-corrected chi connectivity index (χ0v) is 24.8. The quantitative estimate of drug-likeness (QED) is 0.218. The molecule has 0 aromatic heterocycles. The molecule has 3 aliphatic rings. The second-order valence-corrected chi connectivity index (χ2v) is 12.7. The van der Waals surface area contributed by atoms with Crippen LogP contribution in [0, 0.1) is 11.6 Å². The first-order chi connectivity index (χ1) is 19.8. The van der Waals surface area contributed by atoms with Gasteiger partial charge in [0.25, 0.3) is 5.91 Å². The molecular weight excluding hydrogens is 602 g/mol. The van der Waals surface area contributed by atoms with E-state index in [4.69, 9.17) is 26.2 Å². The van der Waals surface area contributed by atoms with Gasteiger partial charge >= 0.3 is 0 Å². The second-order valence-electron chi connectivity index (χ2n) is 9.66. The molecule has 226 valence electrons. The van der Waals surface area contributed by atoms with Crippen molar-refractivity contribution >= 4 is 40.4 Å². The van der Waals surface area contributed by atoms with E-state index < -0.39 is 39.8 Å². The number of aliphatic hydroxyl groups is 1. The van der Waals surface area contributed by atoms with Crippen molar-refractivity contribution in [1.29, 1.82) is 0 Å². The molecule has 3 fully saturated rings. The lowest BCUT2D eigenvalue weighted by Gasteiger charge is -2.46. The number of rotatable bonds is 9. The number of morpholine rings is 1. The van der Waals surface area contributed by atoms with Crippen molar-refractivity contribution in [3.63, 3.8) is 0 Å². The molecule has 0 radical (unpaired) electrons. The van der Waals surface area contributed by atoms with Crippen molar-refractivity contribution in [2.75, 3.05) is 58.8 Å². The number of hydroxylamine groups is 1. The number of aliphatic hydroxyl groups excluding tert-OH is 1. The smallest absolute Gasteiger partial charge is 0.266 e. The molecule has 3 aliphatic heterocycles. The molecule has 3 heterocycles. The number of carbonyl (C=O) groups is 1. The summed E-state index contributed by atoms with van der Waals surface area (Å²) in [5.41, 5.74) is 0.536. The topological polar surface area (TPSA) is 115 Å². The number of carbonyl (C=O) groups excluding carboxylic acids is 1. The van der Waals surface area contributed by atoms with E-state index in [2.05, 4.69) is 4.90 Å². The number of halogens is 3. The molecule has 3 atom stereocenters. The zero-order chi connectivity index (χ0) is 29.6. The predicted molar refractivity (Wildman–Crippen MR) is 151 cm³/mol. The summed E-state index contributed by atoms with van der Waals surface area (Å²) in [5.74, 6) is -2.34. The zero-order valence-electron chi connectivity index (χ0n) is 22.4. The number of piperazine rings is 1. The van der Waals surface area contributed by atoms with Crippen LogP contribution in [-0.2, 0) is 20.5 Å². The summed E-state index contributed by atoms with van der Waals surface area (Å²) in [5, 5.41) is 17.0. The molecule has 5 rings (SSSR count). The van der Waals surface area contributed by atoms with Gasteiger partial charge in [0.05, 0.1) is 30.0 Å². The van der Waals surface area contributed by atoms with Crippen LogP contribution in [0.15, 0.2) is 41.3 Å². The van der Waals surface area contributed by atoms with E-state index in [0.29, 0.717) is 49.9 Å². The Labute approximate surface area is 249 Å². The summed E-state index contributed by atoms with van der Waals surface area (Å²) in [4.78, 5) is 15.4. The van der Waals surface area contributed by atoms with Crippen molar-refractivity contribution in [3.05, 3.63) is 53.1 Å². The fourth-order valence-corrected chi connectivity index (χ4v) is 7.94. The van der Waals surface area contributed by atoms with Crippen LogP contribution in [0.5, 0.6) is 11.5 Å². The third-order valence-corrected chi connectivity index (χ3v) is 10.1. The van der Waals surface area contributed by atoms with Crippen LogP contribution in [-0.4, -0.2) is 104 Å². The summed E-state index contributed by atoms with van der Waals surface area (Å²) in [6, 6.07) is 8.18. The molecular formula is C26H33ClF2N4O6S2. The van der Waals surface area contributed by atoms with Gasteiger partial charge in [0.1, 0.15) is 11.3 Å². The fourth-order valence-electron chi connectivity index (χ4n) is 5.18. The molecule has 0 aliphatic carbocycles. The van der Waals surface area contributed by atoms with Crippen LogP contribution >= 0.6 is 23.5 Å². The molecule has 3 unspecified atom stereocenters. The Bertz CT molecular complexity index is 1200. The lowest BCUT2D eigenvalue weighted by atomic mass is 9.97. The number of fused-ring (bicyclic) bond motifs is 2. The number of ether oxygens (including phenoxy) is 2. The molecule has 41 heavy (non-hydrogen) atoms. The standard InChI is InChI=1S/C25H29ClF2N4O5S2.CH4O/c26-17-1-3-19(4-2-17)37-23-21(27)13-20(14-22(23)28)38-32-18-5-6-25(32,24(33)29-34)16-31(15-18)39(35)12-9-30-7-10-36-11-8-30;1-2/h1-4,13-14,18,34H,5-12,15-16H2,(H,29,33);2H,1H3. The first-order valence-electron chi connectivity index (χ1n) is 13.0. The van der Waals surface area contributed by atoms with E-state index in [1.807, 2.05) is 0 Å². The highest BCUT2D eigenvalue weighted by Crippen LogP contribution is 2.47. The Balaban J connectivity index is 0.00000189. The van der Waals surface area contributed by atoms with Gasteiger partial charge in [-0.3, -0.25) is 14.9 Å². The van der Waals surface area contributed by atoms with E-state index in [0.717, 1.165) is 44.3 Å². The van der Waals surface area contributed by atoms with Crippen molar-refractivity contribution in [2.45, 2.75) is 29.3 Å². The normalized spacial score (nSPS) is 23.9. The van der Waals surface area contributed by atoms with Crippen LogP contribution in [0.3, 0.4) is 0 Å². The Morgan fingerprint density at radius 1 is 1.22 bits per heavy atom. The van der Waals surface area contributed by atoms with E-state index in [1.165, 1.54) is 12.1 Å². The Morgan fingerprint density at radius 3 is 2.51 bits per heavy atom. The number of hydrogen-bond donors (Lipinski definition) is 3. The highest BCUT2D eigenvalue weighted by Gasteiger charge is 2.57. The van der Waals surface area contributed by atoms with Crippen LogP contribution in [0.4, 0.5) is 8.78 Å². The van der Waals surface area contributed by atoms with Gasteiger partial charge in [-0.05, 0) is 61.2 Å². The summed E-state index contributed by atoms with van der Waals surface area (Å²) >= 11 is 6.90. The lowest BCUT2D eigenvalue weighted by Crippen LogP contribution is -2.65. The highest BCUT2D eigenvalue weighted by molar-refractivity contribution is 7.97. The Hall–Kier alpha value is -1.88. The summed E-state index contributed by atoms with van der Waals surface area (Å²) in [6.45, 7) is 4.07. The second kappa shape index (κ2) is 14.5. The van der Waals surface area contributed by atoms with Crippen LogP contribution in [0.2, 0.25) is 5.02 Å². The first kappa shape index (κ1) is 32.0. The molecule has 3 saturated heterocycles. The molecule has 0 spiro atoms. The summed E-state index contributed by atoms with van der Waals surface area (Å²) < 4.78 is 57.5. The Kier molecular flexibility index (Phi) is 11.4. The minimum Gasteiger partial charge on any atom is -0.451 e. The van der Waals surface area contributed by atoms with Crippen molar-refractivity contribution in [2.24, 2.45) is 0 Å². The maximum Gasteiger partial charge on any atom is 0.266 e. The molecule has 2 aromatic rings. The largest absolute Gasteiger partial charge is 0.451 e. The minimum atomic E-state index is -1.34. The highest BCUT2D eigenvalue weighted by atomic mass is 35.5. The van der Waals surface area contributed by atoms with E-state index in [-0.39, 0.29) is 23.2 Å². The van der Waals surface area contributed by atoms with E-state index in [9.17, 15) is 23.0 Å². The number of nitrogens with zero attached hydrogens (tertiary/aromatic N) is 3. The van der Waals surface area contributed by atoms with Gasteiger partial charge in [-0.1, -0.05) is 11.6 Å². The molecule has 2 aromatic carbocycles. The first-order valence-corrected chi connectivity index (χ1v) is 15.4. The van der Waals surface area contributed by atoms with Gasteiger partial charge in [-0.2, -0.15) is 0 Å². The number of hydrogen-bond acceptors (Lipinski definition) is 9. The average molecular weight is 635 g/mol. The van der Waals surface area contributed by atoms with Gasteiger partial charge in [0, 0.05) is 55.8 Å². The van der Waals surface area contributed by atoms with Crippen molar-refractivity contribution in [3.8, 4) is 11.5 Å².